The number of carbonyl (C=O) groups excluding carboxylic acids is 2. The number of rotatable bonds is 6. The molecule has 1 heterocycles. The summed E-state index contributed by atoms with van der Waals surface area (Å²) in [5.74, 6) is -1.58. The van der Waals surface area contributed by atoms with Crippen molar-refractivity contribution in [2.45, 2.75) is 26.4 Å². The quantitative estimate of drug-likeness (QED) is 0.612. The summed E-state index contributed by atoms with van der Waals surface area (Å²) in [6.45, 7) is 3.55. The maximum Gasteiger partial charge on any atom is 0.358 e. The van der Waals surface area contributed by atoms with Gasteiger partial charge in [-0.3, -0.25) is 4.79 Å². The summed E-state index contributed by atoms with van der Waals surface area (Å²) >= 11 is 1.34. The molecule has 28 heavy (non-hydrogen) atoms. The molecular formula is C21H19FN2O3S. The molecule has 2 aromatic carbocycles. The van der Waals surface area contributed by atoms with Gasteiger partial charge in [-0.25, -0.2) is 14.2 Å². The van der Waals surface area contributed by atoms with Crippen LogP contribution in [0.3, 0.4) is 0 Å². The van der Waals surface area contributed by atoms with Crippen LogP contribution in [0.4, 0.5) is 10.1 Å². The molecule has 0 spiro atoms. The first-order chi connectivity index (χ1) is 13.5. The number of anilines is 1. The second-order valence-electron chi connectivity index (χ2n) is 6.13. The van der Waals surface area contributed by atoms with Crippen LogP contribution in [0.2, 0.25) is 0 Å². The highest BCUT2D eigenvalue weighted by Crippen LogP contribution is 2.24. The summed E-state index contributed by atoms with van der Waals surface area (Å²) in [6.07, 6.45) is -0.0697. The van der Waals surface area contributed by atoms with Gasteiger partial charge in [0.25, 0.3) is 5.91 Å². The van der Waals surface area contributed by atoms with Crippen LogP contribution in [-0.2, 0) is 16.0 Å². The van der Waals surface area contributed by atoms with Gasteiger partial charge in [-0.2, -0.15) is 0 Å². The first-order valence-electron chi connectivity index (χ1n) is 8.78. The molecule has 0 aliphatic rings. The molecule has 1 amide bonds. The molecule has 7 heteroatoms. The van der Waals surface area contributed by atoms with Gasteiger partial charge in [0.15, 0.2) is 11.8 Å². The molecule has 144 valence electrons. The summed E-state index contributed by atoms with van der Waals surface area (Å²) in [4.78, 5) is 28.8. The number of amides is 1. The normalized spacial score (nSPS) is 11.7. The average Bonchev–Trinajstić information content (AvgIpc) is 3.20. The Kier molecular flexibility index (Phi) is 6.16. The molecule has 1 aromatic heterocycles. The number of esters is 1. The van der Waals surface area contributed by atoms with E-state index in [0.717, 1.165) is 12.0 Å². The predicted octanol–water partition coefficient (Wildman–Crippen LogP) is 4.70. The summed E-state index contributed by atoms with van der Waals surface area (Å²) < 4.78 is 18.1. The lowest BCUT2D eigenvalue weighted by Gasteiger charge is -2.12. The van der Waals surface area contributed by atoms with Crippen LogP contribution in [0.15, 0.2) is 53.9 Å². The number of ether oxygens (including phenoxy) is 1. The van der Waals surface area contributed by atoms with Gasteiger partial charge in [0, 0.05) is 16.6 Å². The van der Waals surface area contributed by atoms with Crippen molar-refractivity contribution in [3.8, 4) is 10.6 Å². The van der Waals surface area contributed by atoms with Crippen molar-refractivity contribution in [1.82, 2.24) is 4.98 Å². The molecule has 0 aliphatic heterocycles. The van der Waals surface area contributed by atoms with E-state index in [1.165, 1.54) is 48.1 Å². The molecule has 0 radical (unpaired) electrons. The van der Waals surface area contributed by atoms with Gasteiger partial charge in [0.1, 0.15) is 10.8 Å². The molecule has 3 aromatic rings. The van der Waals surface area contributed by atoms with E-state index in [1.807, 2.05) is 24.3 Å². The van der Waals surface area contributed by atoms with E-state index in [2.05, 4.69) is 17.2 Å². The number of thiazole rings is 1. The highest BCUT2D eigenvalue weighted by atomic mass is 32.1. The SMILES string of the molecule is CCc1ccc(-c2nc(C(=O)O[C@@H](C)C(=O)Nc3ccc(F)cc3)cs2)cc1. The van der Waals surface area contributed by atoms with Crippen molar-refractivity contribution in [3.05, 3.63) is 71.0 Å². The van der Waals surface area contributed by atoms with Crippen molar-refractivity contribution >= 4 is 28.9 Å². The van der Waals surface area contributed by atoms with Crippen molar-refractivity contribution < 1.29 is 18.7 Å². The molecule has 0 fully saturated rings. The Morgan fingerprint density at radius 3 is 2.46 bits per heavy atom. The Bertz CT molecular complexity index is 968. The van der Waals surface area contributed by atoms with E-state index in [1.54, 1.807) is 5.38 Å². The monoisotopic (exact) mass is 398 g/mol. The van der Waals surface area contributed by atoms with Crippen LogP contribution < -0.4 is 5.32 Å². The molecule has 3 rings (SSSR count). The number of halogens is 1. The molecule has 0 saturated carbocycles. The van der Waals surface area contributed by atoms with Crippen LogP contribution in [0.5, 0.6) is 0 Å². The average molecular weight is 398 g/mol. The number of aromatic nitrogens is 1. The smallest absolute Gasteiger partial charge is 0.358 e. The standard InChI is InChI=1S/C21H19FN2O3S/c1-3-14-4-6-15(7-5-14)20-24-18(12-28-20)21(26)27-13(2)19(25)23-17-10-8-16(22)9-11-17/h4-13H,3H2,1-2H3,(H,23,25)/t13-/m0/s1. The minimum atomic E-state index is -1.02. The van der Waals surface area contributed by atoms with E-state index < -0.39 is 23.8 Å². The van der Waals surface area contributed by atoms with Gasteiger partial charge in [-0.1, -0.05) is 31.2 Å². The third kappa shape index (κ3) is 4.80. The van der Waals surface area contributed by atoms with Crippen molar-refractivity contribution in [3.63, 3.8) is 0 Å². The largest absolute Gasteiger partial charge is 0.448 e. The zero-order valence-electron chi connectivity index (χ0n) is 15.4. The van der Waals surface area contributed by atoms with Gasteiger partial charge >= 0.3 is 5.97 Å². The Labute approximate surface area is 166 Å². The number of hydrogen-bond acceptors (Lipinski definition) is 5. The van der Waals surface area contributed by atoms with E-state index in [9.17, 15) is 14.0 Å². The van der Waals surface area contributed by atoms with E-state index in [0.29, 0.717) is 10.7 Å². The van der Waals surface area contributed by atoms with Gasteiger partial charge in [0.2, 0.25) is 0 Å². The highest BCUT2D eigenvalue weighted by Gasteiger charge is 2.21. The summed E-state index contributed by atoms with van der Waals surface area (Å²) in [5.41, 5.74) is 2.71. The van der Waals surface area contributed by atoms with Crippen LogP contribution in [0.1, 0.15) is 29.9 Å². The van der Waals surface area contributed by atoms with Gasteiger partial charge in [0.05, 0.1) is 0 Å². The summed E-state index contributed by atoms with van der Waals surface area (Å²) in [6, 6.07) is 13.3. The molecule has 0 bridgehead atoms. The molecule has 1 atom stereocenters. The number of aryl methyl sites for hydroxylation is 1. The first kappa shape index (κ1) is 19.7. The fourth-order valence-corrected chi connectivity index (χ4v) is 3.23. The third-order valence-corrected chi connectivity index (χ3v) is 4.98. The predicted molar refractivity (Wildman–Crippen MR) is 107 cm³/mol. The number of nitrogens with zero attached hydrogens (tertiary/aromatic N) is 1. The zero-order chi connectivity index (χ0) is 20.1. The topological polar surface area (TPSA) is 68.3 Å². The molecule has 0 saturated heterocycles. The minimum absolute atomic E-state index is 0.154. The number of hydrogen-bond donors (Lipinski definition) is 1. The summed E-state index contributed by atoms with van der Waals surface area (Å²) in [7, 11) is 0. The lowest BCUT2D eigenvalue weighted by atomic mass is 10.1. The Morgan fingerprint density at radius 2 is 1.82 bits per heavy atom. The Morgan fingerprint density at radius 1 is 1.14 bits per heavy atom. The van der Waals surface area contributed by atoms with Gasteiger partial charge < -0.3 is 10.1 Å². The molecule has 1 N–H and O–H groups in total. The first-order valence-corrected chi connectivity index (χ1v) is 9.66. The Balaban J connectivity index is 1.61. The number of nitrogens with one attached hydrogen (secondary N) is 1. The second-order valence-corrected chi connectivity index (χ2v) is 6.99. The molecule has 0 unspecified atom stereocenters. The van der Waals surface area contributed by atoms with E-state index in [-0.39, 0.29) is 5.69 Å². The minimum Gasteiger partial charge on any atom is -0.448 e. The second kappa shape index (κ2) is 8.75. The molecule has 5 nitrogen and oxygen atoms in total. The lowest BCUT2D eigenvalue weighted by molar-refractivity contribution is -0.123. The third-order valence-electron chi connectivity index (χ3n) is 4.09. The summed E-state index contributed by atoms with van der Waals surface area (Å²) in [5, 5.41) is 4.88. The molecular weight excluding hydrogens is 379 g/mol. The van der Waals surface area contributed by atoms with Crippen LogP contribution in [-0.4, -0.2) is 23.0 Å². The zero-order valence-corrected chi connectivity index (χ0v) is 16.3. The highest BCUT2D eigenvalue weighted by molar-refractivity contribution is 7.13. The lowest BCUT2D eigenvalue weighted by Crippen LogP contribution is -2.30. The fourth-order valence-electron chi connectivity index (χ4n) is 2.43. The maximum absolute atomic E-state index is 12.9. The van der Waals surface area contributed by atoms with Crippen LogP contribution >= 0.6 is 11.3 Å². The van der Waals surface area contributed by atoms with Gasteiger partial charge in [-0.05, 0) is 43.2 Å². The van der Waals surface area contributed by atoms with E-state index >= 15 is 0 Å². The number of benzene rings is 2. The van der Waals surface area contributed by atoms with Gasteiger partial charge in [-0.15, -0.1) is 11.3 Å². The number of carbonyl (C=O) groups is 2. The van der Waals surface area contributed by atoms with Crippen molar-refractivity contribution in [2.24, 2.45) is 0 Å². The fraction of sp³-hybridized carbons (Fsp3) is 0.190. The van der Waals surface area contributed by atoms with Crippen molar-refractivity contribution in [2.75, 3.05) is 5.32 Å². The van der Waals surface area contributed by atoms with Crippen LogP contribution in [0, 0.1) is 5.82 Å². The molecule has 0 aliphatic carbocycles. The Hall–Kier alpha value is -3.06. The van der Waals surface area contributed by atoms with Crippen LogP contribution in [0.25, 0.3) is 10.6 Å². The van der Waals surface area contributed by atoms with Crippen molar-refractivity contribution in [1.29, 1.82) is 0 Å². The van der Waals surface area contributed by atoms with E-state index in [4.69, 9.17) is 4.74 Å². The maximum atomic E-state index is 12.9.